The van der Waals surface area contributed by atoms with Gasteiger partial charge in [0.05, 0.1) is 6.07 Å². The molecule has 0 aromatic heterocycles. The molecule has 4 nitrogen and oxygen atoms in total. The lowest BCUT2D eigenvalue weighted by molar-refractivity contribution is -0.122. The topological polar surface area (TPSA) is 64.9 Å². The number of carbonyl (C=O) groups excluding carboxylic acids is 1. The van der Waals surface area contributed by atoms with E-state index in [1.807, 2.05) is 0 Å². The Morgan fingerprint density at radius 3 is 2.53 bits per heavy atom. The van der Waals surface area contributed by atoms with Crippen molar-refractivity contribution in [3.63, 3.8) is 0 Å². The number of nitrogens with one attached hydrogen (secondary N) is 2. The lowest BCUT2D eigenvalue weighted by Gasteiger charge is -2.12. The van der Waals surface area contributed by atoms with Crippen LogP contribution in [-0.4, -0.2) is 24.8 Å². The second kappa shape index (κ2) is 6.11. The van der Waals surface area contributed by atoms with Gasteiger partial charge in [0.1, 0.15) is 12.6 Å². The highest BCUT2D eigenvalue weighted by Gasteiger charge is 2.27. The van der Waals surface area contributed by atoms with Crippen molar-refractivity contribution in [2.75, 3.05) is 6.54 Å². The second-order valence-corrected chi connectivity index (χ2v) is 2.91. The van der Waals surface area contributed by atoms with Crippen LogP contribution in [0.4, 0.5) is 18.0 Å². The summed E-state index contributed by atoms with van der Waals surface area (Å²) in [5.74, 6) is 0. The Kier molecular flexibility index (Phi) is 5.52. The predicted molar refractivity (Wildman–Crippen MR) is 46.9 cm³/mol. The van der Waals surface area contributed by atoms with Crippen molar-refractivity contribution in [1.29, 1.82) is 5.26 Å². The van der Waals surface area contributed by atoms with Crippen molar-refractivity contribution in [1.82, 2.24) is 10.6 Å². The van der Waals surface area contributed by atoms with Crippen LogP contribution < -0.4 is 10.6 Å². The zero-order chi connectivity index (χ0) is 11.9. The monoisotopic (exact) mass is 223 g/mol. The molecule has 2 amide bonds. The van der Waals surface area contributed by atoms with Crippen LogP contribution in [-0.2, 0) is 0 Å². The molecule has 0 fully saturated rings. The molecule has 0 saturated heterocycles. The fraction of sp³-hybridized carbons (Fsp3) is 0.750. The fourth-order valence-corrected chi connectivity index (χ4v) is 0.847. The maximum atomic E-state index is 11.7. The number of alkyl halides is 3. The normalized spacial score (nSPS) is 12.7. The van der Waals surface area contributed by atoms with Gasteiger partial charge >= 0.3 is 12.2 Å². The minimum atomic E-state index is -4.44. The molecule has 2 N–H and O–H groups in total. The minimum Gasteiger partial charge on any atom is -0.329 e. The number of carbonyl (C=O) groups is 1. The summed E-state index contributed by atoms with van der Waals surface area (Å²) >= 11 is 0. The first-order valence-electron chi connectivity index (χ1n) is 4.39. The van der Waals surface area contributed by atoms with Crippen molar-refractivity contribution in [2.24, 2.45) is 0 Å². The number of hydrogen-bond donors (Lipinski definition) is 2. The molecule has 0 spiro atoms. The first-order valence-corrected chi connectivity index (χ1v) is 4.39. The molecule has 1 unspecified atom stereocenters. The lowest BCUT2D eigenvalue weighted by Crippen LogP contribution is -2.44. The van der Waals surface area contributed by atoms with Gasteiger partial charge in [-0.1, -0.05) is 13.3 Å². The van der Waals surface area contributed by atoms with Crippen LogP contribution in [0, 0.1) is 11.3 Å². The minimum absolute atomic E-state index is 0.413. The number of nitrogens with zero attached hydrogens (tertiary/aromatic N) is 1. The number of hydrogen-bond acceptors (Lipinski definition) is 2. The van der Waals surface area contributed by atoms with E-state index in [1.165, 1.54) is 0 Å². The quantitative estimate of drug-likeness (QED) is 0.759. The van der Waals surface area contributed by atoms with Crippen molar-refractivity contribution in [2.45, 2.75) is 32.0 Å². The summed E-state index contributed by atoms with van der Waals surface area (Å²) in [6.07, 6.45) is -3.36. The fourth-order valence-electron chi connectivity index (χ4n) is 0.847. The summed E-state index contributed by atoms with van der Waals surface area (Å²) in [5, 5.41) is 12.3. The molecule has 0 bridgehead atoms. The van der Waals surface area contributed by atoms with Crippen LogP contribution in [0.1, 0.15) is 19.8 Å². The molecule has 0 aromatic rings. The Morgan fingerprint density at radius 1 is 1.53 bits per heavy atom. The Bertz CT molecular complexity index is 246. The van der Waals surface area contributed by atoms with E-state index in [2.05, 4.69) is 5.32 Å². The summed E-state index contributed by atoms with van der Waals surface area (Å²) in [6, 6.07) is 0.0515. The standard InChI is InChI=1S/C8H12F3N3O/c1-2-3-6(4-12)14-7(15)13-5-8(9,10)11/h6H,2-3,5H2,1H3,(H2,13,14,15). The molecule has 0 aliphatic heterocycles. The zero-order valence-electron chi connectivity index (χ0n) is 8.19. The molecule has 0 heterocycles. The molecule has 15 heavy (non-hydrogen) atoms. The van der Waals surface area contributed by atoms with Crippen LogP contribution in [0.3, 0.4) is 0 Å². The largest absolute Gasteiger partial charge is 0.405 e. The van der Waals surface area contributed by atoms with E-state index in [4.69, 9.17) is 5.26 Å². The van der Waals surface area contributed by atoms with Gasteiger partial charge in [0, 0.05) is 0 Å². The Morgan fingerprint density at radius 2 is 2.13 bits per heavy atom. The summed E-state index contributed by atoms with van der Waals surface area (Å²) in [7, 11) is 0. The average molecular weight is 223 g/mol. The lowest BCUT2D eigenvalue weighted by atomic mass is 10.2. The summed E-state index contributed by atoms with van der Waals surface area (Å²) in [5.41, 5.74) is 0. The van der Waals surface area contributed by atoms with Crippen LogP contribution in [0.2, 0.25) is 0 Å². The molecule has 0 saturated carbocycles. The highest BCUT2D eigenvalue weighted by atomic mass is 19.4. The van der Waals surface area contributed by atoms with E-state index in [1.54, 1.807) is 18.3 Å². The molecule has 0 radical (unpaired) electrons. The van der Waals surface area contributed by atoms with E-state index in [-0.39, 0.29) is 0 Å². The molecule has 0 rings (SSSR count). The Labute approximate surface area is 85.4 Å². The third-order valence-corrected chi connectivity index (χ3v) is 1.49. The number of halogens is 3. The maximum Gasteiger partial charge on any atom is 0.405 e. The SMILES string of the molecule is CCCC(C#N)NC(=O)NCC(F)(F)F. The molecule has 1 atom stereocenters. The number of amides is 2. The van der Waals surface area contributed by atoms with Crippen molar-refractivity contribution in [3.8, 4) is 6.07 Å². The van der Waals surface area contributed by atoms with Gasteiger partial charge in [-0.3, -0.25) is 0 Å². The third-order valence-electron chi connectivity index (χ3n) is 1.49. The van der Waals surface area contributed by atoms with Crippen molar-refractivity contribution in [3.05, 3.63) is 0 Å². The smallest absolute Gasteiger partial charge is 0.329 e. The van der Waals surface area contributed by atoms with Crippen molar-refractivity contribution < 1.29 is 18.0 Å². The molecule has 0 aliphatic rings. The molecular weight excluding hydrogens is 211 g/mol. The van der Waals surface area contributed by atoms with E-state index in [9.17, 15) is 18.0 Å². The van der Waals surface area contributed by atoms with E-state index < -0.39 is 24.8 Å². The molecular formula is C8H12F3N3O. The van der Waals surface area contributed by atoms with Gasteiger partial charge in [0.25, 0.3) is 0 Å². The predicted octanol–water partition coefficient (Wildman–Crippen LogP) is 1.54. The highest BCUT2D eigenvalue weighted by Crippen LogP contribution is 2.11. The van der Waals surface area contributed by atoms with Gasteiger partial charge in [-0.2, -0.15) is 18.4 Å². The number of nitriles is 1. The summed E-state index contributed by atoms with van der Waals surface area (Å²) in [4.78, 5) is 10.9. The van der Waals surface area contributed by atoms with E-state index in [0.717, 1.165) is 0 Å². The average Bonchev–Trinajstić information content (AvgIpc) is 2.13. The number of urea groups is 1. The van der Waals surface area contributed by atoms with Gasteiger partial charge in [-0.15, -0.1) is 0 Å². The van der Waals surface area contributed by atoms with Gasteiger partial charge in [0.15, 0.2) is 0 Å². The van der Waals surface area contributed by atoms with Crippen LogP contribution >= 0.6 is 0 Å². The first-order chi connectivity index (χ1) is 6.89. The third kappa shape index (κ3) is 7.61. The molecule has 0 aromatic carbocycles. The van der Waals surface area contributed by atoms with E-state index in [0.29, 0.717) is 12.8 Å². The Balaban J connectivity index is 3.88. The van der Waals surface area contributed by atoms with E-state index >= 15 is 0 Å². The summed E-state index contributed by atoms with van der Waals surface area (Å²) in [6.45, 7) is 0.406. The van der Waals surface area contributed by atoms with Crippen LogP contribution in [0.5, 0.6) is 0 Å². The van der Waals surface area contributed by atoms with Crippen molar-refractivity contribution >= 4 is 6.03 Å². The molecule has 0 aliphatic carbocycles. The summed E-state index contributed by atoms with van der Waals surface area (Å²) < 4.78 is 35.0. The maximum absolute atomic E-state index is 11.7. The van der Waals surface area contributed by atoms with Gasteiger partial charge in [-0.25, -0.2) is 4.79 Å². The molecule has 86 valence electrons. The second-order valence-electron chi connectivity index (χ2n) is 2.91. The first kappa shape index (κ1) is 13.5. The number of rotatable bonds is 4. The zero-order valence-corrected chi connectivity index (χ0v) is 8.19. The van der Waals surface area contributed by atoms with Crippen LogP contribution in [0.15, 0.2) is 0 Å². The van der Waals surface area contributed by atoms with Gasteiger partial charge in [-0.05, 0) is 6.42 Å². The van der Waals surface area contributed by atoms with Crippen LogP contribution in [0.25, 0.3) is 0 Å². The highest BCUT2D eigenvalue weighted by molar-refractivity contribution is 5.74. The van der Waals surface area contributed by atoms with Gasteiger partial charge < -0.3 is 10.6 Å². The Hall–Kier alpha value is -1.45. The van der Waals surface area contributed by atoms with Gasteiger partial charge in [0.2, 0.25) is 0 Å². The molecule has 7 heteroatoms.